The van der Waals surface area contributed by atoms with E-state index in [1.807, 2.05) is 12.1 Å². The van der Waals surface area contributed by atoms with E-state index in [0.717, 1.165) is 11.6 Å². The van der Waals surface area contributed by atoms with Gasteiger partial charge in [0.2, 0.25) is 0 Å². The van der Waals surface area contributed by atoms with E-state index >= 15 is 0 Å². The summed E-state index contributed by atoms with van der Waals surface area (Å²) in [5.41, 5.74) is 1.36. The smallest absolute Gasteiger partial charge is 0.0406 e. The molecule has 0 aromatic heterocycles. The first-order valence-corrected chi connectivity index (χ1v) is 5.51. The number of benzene rings is 1. The molecule has 1 saturated heterocycles. The molecule has 1 aliphatic heterocycles. The average Bonchev–Trinajstić information content (AvgIpc) is 2.23. The standard InChI is InChI=1S/C12H15ClN/c13-12-6-4-11(5-7-12)10-14-8-2-1-3-9-14/h1,4-7H,2-3,8-10H2. The van der Waals surface area contributed by atoms with Crippen LogP contribution >= 0.6 is 11.6 Å². The SMILES string of the molecule is Clc1ccc(CN2CC[CH]CC2)cc1. The number of halogens is 1. The summed E-state index contributed by atoms with van der Waals surface area (Å²) in [5, 5.41) is 0.820. The first-order chi connectivity index (χ1) is 6.84. The Morgan fingerprint density at radius 1 is 1.07 bits per heavy atom. The predicted octanol–water partition coefficient (Wildman–Crippen LogP) is 3.14. The van der Waals surface area contributed by atoms with E-state index in [2.05, 4.69) is 23.5 Å². The number of hydrogen-bond donors (Lipinski definition) is 0. The summed E-state index contributed by atoms with van der Waals surface area (Å²) in [4.78, 5) is 2.49. The minimum absolute atomic E-state index is 0.820. The van der Waals surface area contributed by atoms with Crippen LogP contribution in [0.5, 0.6) is 0 Å². The van der Waals surface area contributed by atoms with Crippen molar-refractivity contribution in [3.05, 3.63) is 41.3 Å². The van der Waals surface area contributed by atoms with E-state index in [-0.39, 0.29) is 0 Å². The lowest BCUT2D eigenvalue weighted by Gasteiger charge is -2.26. The average molecular weight is 209 g/mol. The van der Waals surface area contributed by atoms with Crippen LogP contribution in [0.2, 0.25) is 5.02 Å². The van der Waals surface area contributed by atoms with Crippen molar-refractivity contribution in [2.24, 2.45) is 0 Å². The zero-order valence-corrected chi connectivity index (χ0v) is 9.00. The van der Waals surface area contributed by atoms with Gasteiger partial charge in [0.15, 0.2) is 0 Å². The fourth-order valence-corrected chi connectivity index (χ4v) is 1.94. The van der Waals surface area contributed by atoms with E-state index < -0.39 is 0 Å². The molecule has 1 aromatic carbocycles. The maximum Gasteiger partial charge on any atom is 0.0406 e. The van der Waals surface area contributed by atoms with Crippen molar-refractivity contribution >= 4 is 11.6 Å². The Morgan fingerprint density at radius 2 is 1.71 bits per heavy atom. The van der Waals surface area contributed by atoms with Gasteiger partial charge in [-0.3, -0.25) is 4.90 Å². The molecule has 14 heavy (non-hydrogen) atoms. The van der Waals surface area contributed by atoms with Gasteiger partial charge in [-0.2, -0.15) is 0 Å². The van der Waals surface area contributed by atoms with Crippen LogP contribution in [-0.4, -0.2) is 18.0 Å². The van der Waals surface area contributed by atoms with Gasteiger partial charge in [0.1, 0.15) is 0 Å². The first-order valence-electron chi connectivity index (χ1n) is 5.13. The van der Waals surface area contributed by atoms with Crippen LogP contribution in [0.4, 0.5) is 0 Å². The maximum absolute atomic E-state index is 5.84. The molecule has 1 heterocycles. The quantitative estimate of drug-likeness (QED) is 0.722. The molecular formula is C12H15ClN. The van der Waals surface area contributed by atoms with E-state index in [4.69, 9.17) is 11.6 Å². The van der Waals surface area contributed by atoms with Crippen LogP contribution in [0, 0.1) is 6.42 Å². The predicted molar refractivity (Wildman–Crippen MR) is 60.3 cm³/mol. The van der Waals surface area contributed by atoms with Gasteiger partial charge >= 0.3 is 0 Å². The molecule has 0 aliphatic carbocycles. The summed E-state index contributed by atoms with van der Waals surface area (Å²) in [6, 6.07) is 8.15. The lowest BCUT2D eigenvalue weighted by atomic mass is 10.1. The van der Waals surface area contributed by atoms with Crippen LogP contribution < -0.4 is 0 Å². The van der Waals surface area contributed by atoms with Crippen molar-refractivity contribution in [3.63, 3.8) is 0 Å². The molecule has 1 radical (unpaired) electrons. The fourth-order valence-electron chi connectivity index (χ4n) is 1.81. The number of piperidine rings is 1. The molecule has 2 rings (SSSR count). The Balaban J connectivity index is 1.92. The minimum atomic E-state index is 0.820. The van der Waals surface area contributed by atoms with Crippen molar-refractivity contribution in [3.8, 4) is 0 Å². The zero-order chi connectivity index (χ0) is 9.80. The molecule has 0 saturated carbocycles. The minimum Gasteiger partial charge on any atom is -0.299 e. The number of likely N-dealkylation sites (tertiary alicyclic amines) is 1. The summed E-state index contributed by atoms with van der Waals surface area (Å²) >= 11 is 5.84. The second-order valence-electron chi connectivity index (χ2n) is 3.77. The van der Waals surface area contributed by atoms with Gasteiger partial charge in [0, 0.05) is 11.6 Å². The topological polar surface area (TPSA) is 3.24 Å². The molecule has 2 heteroatoms. The third kappa shape index (κ3) is 2.73. The van der Waals surface area contributed by atoms with Crippen molar-refractivity contribution in [2.75, 3.05) is 13.1 Å². The van der Waals surface area contributed by atoms with Gasteiger partial charge in [-0.15, -0.1) is 0 Å². The van der Waals surface area contributed by atoms with Gasteiger partial charge in [-0.25, -0.2) is 0 Å². The van der Waals surface area contributed by atoms with Crippen molar-refractivity contribution in [1.82, 2.24) is 4.90 Å². The molecule has 75 valence electrons. The molecule has 0 unspecified atom stereocenters. The molecule has 0 amide bonds. The van der Waals surface area contributed by atoms with E-state index in [9.17, 15) is 0 Å². The molecule has 0 spiro atoms. The van der Waals surface area contributed by atoms with Crippen LogP contribution in [0.15, 0.2) is 24.3 Å². The molecule has 1 fully saturated rings. The van der Waals surface area contributed by atoms with Crippen molar-refractivity contribution in [1.29, 1.82) is 0 Å². The van der Waals surface area contributed by atoms with Crippen LogP contribution in [-0.2, 0) is 6.54 Å². The van der Waals surface area contributed by atoms with Crippen LogP contribution in [0.3, 0.4) is 0 Å². The van der Waals surface area contributed by atoms with Gasteiger partial charge in [0.25, 0.3) is 0 Å². The summed E-state index contributed by atoms with van der Waals surface area (Å²) in [7, 11) is 0. The summed E-state index contributed by atoms with van der Waals surface area (Å²) < 4.78 is 0. The highest BCUT2D eigenvalue weighted by molar-refractivity contribution is 6.30. The Bertz CT molecular complexity index is 275. The largest absolute Gasteiger partial charge is 0.299 e. The lowest BCUT2D eigenvalue weighted by Crippen LogP contribution is -2.29. The Hall–Kier alpha value is -0.530. The molecule has 0 N–H and O–H groups in total. The summed E-state index contributed by atoms with van der Waals surface area (Å²) in [6.07, 6.45) is 4.83. The normalized spacial score (nSPS) is 18.4. The first kappa shape index (κ1) is 10.0. The molecule has 1 nitrogen and oxygen atoms in total. The van der Waals surface area contributed by atoms with Crippen molar-refractivity contribution in [2.45, 2.75) is 19.4 Å². The second kappa shape index (κ2) is 4.81. The highest BCUT2D eigenvalue weighted by Crippen LogP contribution is 2.14. The lowest BCUT2D eigenvalue weighted by molar-refractivity contribution is 0.246. The number of rotatable bonds is 2. The van der Waals surface area contributed by atoms with Gasteiger partial charge in [-0.05, 0) is 50.0 Å². The third-order valence-corrected chi connectivity index (χ3v) is 2.87. The third-order valence-electron chi connectivity index (χ3n) is 2.62. The molecule has 1 aliphatic rings. The highest BCUT2D eigenvalue weighted by Gasteiger charge is 2.09. The monoisotopic (exact) mass is 208 g/mol. The maximum atomic E-state index is 5.84. The van der Waals surface area contributed by atoms with Crippen molar-refractivity contribution < 1.29 is 0 Å². The second-order valence-corrected chi connectivity index (χ2v) is 4.21. The molecule has 0 atom stereocenters. The molecular weight excluding hydrogens is 194 g/mol. The van der Waals surface area contributed by atoms with E-state index in [1.165, 1.54) is 31.5 Å². The number of nitrogens with zero attached hydrogens (tertiary/aromatic N) is 1. The Morgan fingerprint density at radius 3 is 2.36 bits per heavy atom. The highest BCUT2D eigenvalue weighted by atomic mass is 35.5. The van der Waals surface area contributed by atoms with Gasteiger partial charge in [0.05, 0.1) is 0 Å². The Kier molecular flexibility index (Phi) is 3.44. The van der Waals surface area contributed by atoms with Crippen LogP contribution in [0.1, 0.15) is 18.4 Å². The summed E-state index contributed by atoms with van der Waals surface area (Å²) in [6.45, 7) is 3.45. The van der Waals surface area contributed by atoms with Crippen LogP contribution in [0.25, 0.3) is 0 Å². The summed E-state index contributed by atoms with van der Waals surface area (Å²) in [5.74, 6) is 0. The van der Waals surface area contributed by atoms with Gasteiger partial charge in [-0.1, -0.05) is 23.7 Å². The zero-order valence-electron chi connectivity index (χ0n) is 8.25. The fraction of sp³-hybridized carbons (Fsp3) is 0.417. The van der Waals surface area contributed by atoms with Gasteiger partial charge < -0.3 is 0 Å². The number of hydrogen-bond acceptors (Lipinski definition) is 1. The Labute approximate surface area is 90.7 Å². The molecule has 1 aromatic rings. The van der Waals surface area contributed by atoms with E-state index in [0.29, 0.717) is 0 Å². The molecule has 0 bridgehead atoms. The van der Waals surface area contributed by atoms with E-state index in [1.54, 1.807) is 0 Å².